The Morgan fingerprint density at radius 1 is 0.426 bits per heavy atom. The highest BCUT2D eigenvalue weighted by atomic mass is 15.1. The number of hydrogen-bond donors (Lipinski definition) is 0. The summed E-state index contributed by atoms with van der Waals surface area (Å²) in [5.41, 5.74) is 12.7. The molecule has 1 aliphatic carbocycles. The molecule has 6 aromatic carbocycles. The van der Waals surface area contributed by atoms with Crippen LogP contribution in [-0.4, -0.2) is 4.57 Å². The largest absolute Gasteiger partial charge is 0.311 e. The van der Waals surface area contributed by atoms with Crippen molar-refractivity contribution in [2.24, 2.45) is 5.41 Å². The first-order valence-electron chi connectivity index (χ1n) is 16.8. The molecule has 0 amide bonds. The first-order valence-corrected chi connectivity index (χ1v) is 16.8. The van der Waals surface area contributed by atoms with Crippen LogP contribution in [0.15, 0.2) is 146 Å². The zero-order chi connectivity index (χ0) is 32.6. The van der Waals surface area contributed by atoms with Gasteiger partial charge in [0, 0.05) is 33.5 Å². The van der Waals surface area contributed by atoms with Gasteiger partial charge in [-0.1, -0.05) is 114 Å². The van der Waals surface area contributed by atoms with Crippen molar-refractivity contribution in [2.75, 3.05) is 4.90 Å². The van der Waals surface area contributed by atoms with E-state index in [0.717, 1.165) is 17.1 Å². The molecule has 0 saturated heterocycles. The molecule has 0 unspecified atom stereocenters. The highest BCUT2D eigenvalue weighted by Gasteiger charge is 2.57. The Hall–Kier alpha value is -5.08. The van der Waals surface area contributed by atoms with Crippen LogP contribution in [0.2, 0.25) is 0 Å². The smallest absolute Gasteiger partial charge is 0.0544 e. The molecular formula is C45H42N2. The van der Waals surface area contributed by atoms with Gasteiger partial charge >= 0.3 is 0 Å². The average Bonchev–Trinajstić information content (AvgIpc) is 3.46. The van der Waals surface area contributed by atoms with Crippen LogP contribution >= 0.6 is 0 Å². The Bertz CT molecular complexity index is 2200. The fraction of sp³-hybridized carbons (Fsp3) is 0.200. The van der Waals surface area contributed by atoms with Crippen LogP contribution in [-0.2, 0) is 10.8 Å². The summed E-state index contributed by atoms with van der Waals surface area (Å²) in [6, 6.07) is 53.0. The van der Waals surface area contributed by atoms with E-state index < -0.39 is 0 Å². The van der Waals surface area contributed by atoms with E-state index in [1.165, 1.54) is 49.7 Å². The summed E-state index contributed by atoms with van der Waals surface area (Å²) in [5, 5.41) is 2.61. The molecule has 2 heteroatoms. The van der Waals surface area contributed by atoms with Crippen molar-refractivity contribution in [1.82, 2.24) is 4.57 Å². The Morgan fingerprint density at radius 3 is 1.47 bits per heavy atom. The summed E-state index contributed by atoms with van der Waals surface area (Å²) in [6.45, 7) is 14.6. The van der Waals surface area contributed by atoms with Crippen molar-refractivity contribution in [3.63, 3.8) is 0 Å². The third-order valence-electron chi connectivity index (χ3n) is 11.9. The number of nitrogens with zero attached hydrogens (tertiary/aromatic N) is 2. The van der Waals surface area contributed by atoms with Crippen LogP contribution < -0.4 is 4.90 Å². The molecule has 1 aliphatic rings. The first kappa shape index (κ1) is 29.3. The molecule has 1 heterocycles. The number of fused-ring (bicyclic) bond motifs is 4. The molecule has 7 aromatic rings. The van der Waals surface area contributed by atoms with Gasteiger partial charge < -0.3 is 9.47 Å². The predicted molar refractivity (Wildman–Crippen MR) is 201 cm³/mol. The van der Waals surface area contributed by atoms with Gasteiger partial charge in [0.25, 0.3) is 0 Å². The van der Waals surface area contributed by atoms with Crippen molar-refractivity contribution in [3.8, 4) is 16.8 Å². The minimum Gasteiger partial charge on any atom is -0.311 e. The van der Waals surface area contributed by atoms with Gasteiger partial charge in [-0.25, -0.2) is 0 Å². The van der Waals surface area contributed by atoms with Gasteiger partial charge in [0.05, 0.1) is 11.0 Å². The lowest BCUT2D eigenvalue weighted by Crippen LogP contribution is -2.42. The lowest BCUT2D eigenvalue weighted by Gasteiger charge is -2.44. The highest BCUT2D eigenvalue weighted by Crippen LogP contribution is 2.62. The average molecular weight is 611 g/mol. The summed E-state index contributed by atoms with van der Waals surface area (Å²) >= 11 is 0. The quantitative estimate of drug-likeness (QED) is 0.188. The van der Waals surface area contributed by atoms with Gasteiger partial charge in [-0.15, -0.1) is 0 Å². The molecular weight excluding hydrogens is 569 g/mol. The minimum absolute atomic E-state index is 0.0397. The van der Waals surface area contributed by atoms with Crippen molar-refractivity contribution < 1.29 is 0 Å². The molecule has 0 saturated carbocycles. The van der Waals surface area contributed by atoms with Gasteiger partial charge in [-0.2, -0.15) is 0 Å². The molecule has 0 N–H and O–H groups in total. The van der Waals surface area contributed by atoms with E-state index in [1.807, 2.05) is 0 Å². The van der Waals surface area contributed by atoms with Crippen molar-refractivity contribution >= 4 is 38.9 Å². The Balaban J connectivity index is 1.29. The van der Waals surface area contributed by atoms with Crippen LogP contribution in [0.25, 0.3) is 38.6 Å². The van der Waals surface area contributed by atoms with Gasteiger partial charge in [0.15, 0.2) is 0 Å². The summed E-state index contributed by atoms with van der Waals surface area (Å²) in [4.78, 5) is 2.31. The summed E-state index contributed by atoms with van der Waals surface area (Å²) in [7, 11) is 0. The molecule has 2 nitrogen and oxygen atoms in total. The maximum Gasteiger partial charge on any atom is 0.0544 e. The molecule has 0 atom stereocenters. The molecule has 0 bridgehead atoms. The predicted octanol–water partition coefficient (Wildman–Crippen LogP) is 12.5. The van der Waals surface area contributed by atoms with E-state index in [1.54, 1.807) is 0 Å². The third-order valence-corrected chi connectivity index (χ3v) is 11.9. The molecule has 0 fully saturated rings. The first-order chi connectivity index (χ1) is 22.6. The Labute approximate surface area is 278 Å². The number of para-hydroxylation sites is 3. The number of anilines is 3. The van der Waals surface area contributed by atoms with Crippen LogP contribution in [0.5, 0.6) is 0 Å². The fourth-order valence-corrected chi connectivity index (χ4v) is 7.99. The normalized spacial score (nSPS) is 16.0. The van der Waals surface area contributed by atoms with Crippen molar-refractivity contribution in [1.29, 1.82) is 0 Å². The van der Waals surface area contributed by atoms with E-state index in [2.05, 4.69) is 197 Å². The highest BCUT2D eigenvalue weighted by molar-refractivity contribution is 6.11. The second-order valence-electron chi connectivity index (χ2n) is 14.7. The fourth-order valence-electron chi connectivity index (χ4n) is 7.99. The van der Waals surface area contributed by atoms with Crippen LogP contribution in [0.4, 0.5) is 17.1 Å². The van der Waals surface area contributed by atoms with E-state index >= 15 is 0 Å². The molecule has 1 aromatic heterocycles. The van der Waals surface area contributed by atoms with Crippen molar-refractivity contribution in [2.45, 2.75) is 52.4 Å². The van der Waals surface area contributed by atoms with E-state index in [-0.39, 0.29) is 16.2 Å². The summed E-state index contributed by atoms with van der Waals surface area (Å²) < 4.78 is 2.46. The molecule has 47 heavy (non-hydrogen) atoms. The number of rotatable bonds is 5. The maximum atomic E-state index is 2.52. The lowest BCUT2D eigenvalue weighted by atomic mass is 9.59. The summed E-state index contributed by atoms with van der Waals surface area (Å²) in [5.74, 6) is 0. The molecule has 0 radical (unpaired) electrons. The topological polar surface area (TPSA) is 8.17 Å². The number of aromatic nitrogens is 1. The zero-order valence-corrected chi connectivity index (χ0v) is 28.3. The number of benzene rings is 6. The van der Waals surface area contributed by atoms with Crippen LogP contribution in [0.1, 0.15) is 52.7 Å². The van der Waals surface area contributed by atoms with Crippen LogP contribution in [0.3, 0.4) is 0 Å². The molecule has 0 spiro atoms. The summed E-state index contributed by atoms with van der Waals surface area (Å²) in [6.07, 6.45) is 0. The second kappa shape index (κ2) is 10.5. The van der Waals surface area contributed by atoms with Gasteiger partial charge in [-0.3, -0.25) is 0 Å². The third kappa shape index (κ3) is 4.31. The molecule has 232 valence electrons. The SMILES string of the molecule is CC1(C)c2cc3c4cc(-c5ccc(N(c6ccccc6)c6ccccc6)cc5)ccc4n(-c4ccccc4)c3cc2C(C)(C)C1(C)C. The minimum atomic E-state index is 0.0397. The lowest BCUT2D eigenvalue weighted by molar-refractivity contribution is 0.125. The van der Waals surface area contributed by atoms with Crippen molar-refractivity contribution in [3.05, 3.63) is 157 Å². The Morgan fingerprint density at radius 2 is 0.894 bits per heavy atom. The standard InChI is InChI=1S/C45H42N2/c1-43(2)39-29-38-37-28-32(31-22-25-36(26-23-31)46(33-16-10-7-11-17-33)34-18-12-8-13-19-34)24-27-41(37)47(35-20-14-9-15-21-35)42(38)30-40(39)44(3,4)45(43,5)6/h7-30H,1-6H3. The van der Waals surface area contributed by atoms with Gasteiger partial charge in [-0.05, 0) is 111 Å². The molecule has 8 rings (SSSR count). The van der Waals surface area contributed by atoms with E-state index in [9.17, 15) is 0 Å². The zero-order valence-electron chi connectivity index (χ0n) is 28.3. The maximum absolute atomic E-state index is 2.52. The van der Waals surface area contributed by atoms with Gasteiger partial charge in [0.1, 0.15) is 0 Å². The van der Waals surface area contributed by atoms with Gasteiger partial charge in [0.2, 0.25) is 0 Å². The van der Waals surface area contributed by atoms with E-state index in [0.29, 0.717) is 0 Å². The molecule has 0 aliphatic heterocycles. The second-order valence-corrected chi connectivity index (χ2v) is 14.7. The van der Waals surface area contributed by atoms with Crippen LogP contribution in [0, 0.1) is 5.41 Å². The number of hydrogen-bond acceptors (Lipinski definition) is 1. The van der Waals surface area contributed by atoms with E-state index in [4.69, 9.17) is 0 Å². The Kier molecular flexibility index (Phi) is 6.53. The monoisotopic (exact) mass is 610 g/mol.